The molecule has 0 saturated heterocycles. The van der Waals surface area contributed by atoms with Gasteiger partial charge in [-0.2, -0.15) is 0 Å². The Balaban J connectivity index is 1.76. The predicted molar refractivity (Wildman–Crippen MR) is 110 cm³/mol. The van der Waals surface area contributed by atoms with Crippen LogP contribution in [-0.2, 0) is 10.0 Å². The molecule has 3 aromatic carbocycles. The second-order valence-corrected chi connectivity index (χ2v) is 8.33. The minimum atomic E-state index is -4.83. The zero-order valence-electron chi connectivity index (χ0n) is 16.1. The molecule has 6 nitrogen and oxygen atoms in total. The molecule has 162 valence electrons. The van der Waals surface area contributed by atoms with Crippen molar-refractivity contribution in [3.8, 4) is 5.75 Å². The van der Waals surface area contributed by atoms with Gasteiger partial charge in [-0.25, -0.2) is 8.42 Å². The van der Waals surface area contributed by atoms with Gasteiger partial charge in [0.05, 0.1) is 10.6 Å². The van der Waals surface area contributed by atoms with Gasteiger partial charge in [0.25, 0.3) is 15.9 Å². The first kappa shape index (κ1) is 22.2. The second-order valence-electron chi connectivity index (χ2n) is 6.36. The SMILES string of the molecule is CN(c1ccccc1)S(=O)(=O)c1cccc(NC(=O)c2ccc(OC(F)(F)F)cc2)c1. The monoisotopic (exact) mass is 450 g/mol. The van der Waals surface area contributed by atoms with Gasteiger partial charge in [0, 0.05) is 18.3 Å². The van der Waals surface area contributed by atoms with Gasteiger partial charge >= 0.3 is 6.36 Å². The van der Waals surface area contributed by atoms with E-state index in [9.17, 15) is 26.4 Å². The topological polar surface area (TPSA) is 75.7 Å². The second kappa shape index (κ2) is 8.68. The summed E-state index contributed by atoms with van der Waals surface area (Å²) < 4.78 is 67.4. The van der Waals surface area contributed by atoms with Crippen LogP contribution < -0.4 is 14.4 Å². The number of ether oxygens (including phenoxy) is 1. The van der Waals surface area contributed by atoms with Crippen LogP contribution in [0.15, 0.2) is 83.8 Å². The lowest BCUT2D eigenvalue weighted by Crippen LogP contribution is -2.26. The van der Waals surface area contributed by atoms with Gasteiger partial charge in [0.15, 0.2) is 0 Å². The number of para-hydroxylation sites is 1. The highest BCUT2D eigenvalue weighted by Gasteiger charge is 2.31. The smallest absolute Gasteiger partial charge is 0.406 e. The van der Waals surface area contributed by atoms with Crippen LogP contribution in [-0.4, -0.2) is 27.7 Å². The molecule has 3 rings (SSSR count). The lowest BCUT2D eigenvalue weighted by atomic mass is 10.2. The van der Waals surface area contributed by atoms with Gasteiger partial charge < -0.3 is 10.1 Å². The van der Waals surface area contributed by atoms with Crippen molar-refractivity contribution in [2.45, 2.75) is 11.3 Å². The van der Waals surface area contributed by atoms with Crippen molar-refractivity contribution in [1.29, 1.82) is 0 Å². The molecule has 1 N–H and O–H groups in total. The molecule has 10 heteroatoms. The largest absolute Gasteiger partial charge is 0.573 e. The third kappa shape index (κ3) is 5.54. The minimum Gasteiger partial charge on any atom is -0.406 e. The highest BCUT2D eigenvalue weighted by molar-refractivity contribution is 7.92. The molecule has 0 aromatic heterocycles. The summed E-state index contributed by atoms with van der Waals surface area (Å²) in [4.78, 5) is 12.4. The van der Waals surface area contributed by atoms with Crippen LogP contribution in [0.25, 0.3) is 0 Å². The number of benzene rings is 3. The fourth-order valence-electron chi connectivity index (χ4n) is 2.68. The van der Waals surface area contributed by atoms with E-state index in [1.807, 2.05) is 0 Å². The quantitative estimate of drug-likeness (QED) is 0.593. The first-order valence-corrected chi connectivity index (χ1v) is 10.3. The van der Waals surface area contributed by atoms with E-state index in [2.05, 4.69) is 10.1 Å². The maximum atomic E-state index is 12.9. The van der Waals surface area contributed by atoms with E-state index in [4.69, 9.17) is 0 Å². The number of carbonyl (C=O) groups excluding carboxylic acids is 1. The van der Waals surface area contributed by atoms with E-state index in [0.717, 1.165) is 16.4 Å². The number of hydrogen-bond acceptors (Lipinski definition) is 4. The molecule has 0 aliphatic rings. The minimum absolute atomic E-state index is 0.0365. The molecule has 1 amide bonds. The van der Waals surface area contributed by atoms with E-state index >= 15 is 0 Å². The van der Waals surface area contributed by atoms with Crippen LogP contribution in [0.5, 0.6) is 5.75 Å². The van der Waals surface area contributed by atoms with Crippen molar-refractivity contribution in [2.24, 2.45) is 0 Å². The number of carbonyl (C=O) groups is 1. The molecule has 0 aliphatic heterocycles. The predicted octanol–water partition coefficient (Wildman–Crippen LogP) is 4.66. The number of halogens is 3. The first-order chi connectivity index (χ1) is 14.6. The number of hydrogen-bond donors (Lipinski definition) is 1. The molecule has 0 unspecified atom stereocenters. The average Bonchev–Trinajstić information content (AvgIpc) is 2.73. The Kier molecular flexibility index (Phi) is 6.21. The Morgan fingerprint density at radius 3 is 2.19 bits per heavy atom. The van der Waals surface area contributed by atoms with Crippen LogP contribution in [0.2, 0.25) is 0 Å². The van der Waals surface area contributed by atoms with E-state index in [0.29, 0.717) is 5.69 Å². The van der Waals surface area contributed by atoms with Gasteiger partial charge in [-0.3, -0.25) is 9.10 Å². The van der Waals surface area contributed by atoms with Gasteiger partial charge in [0.1, 0.15) is 5.75 Å². The summed E-state index contributed by atoms with van der Waals surface area (Å²) in [6.07, 6.45) is -4.83. The van der Waals surface area contributed by atoms with E-state index in [1.54, 1.807) is 30.3 Å². The third-order valence-corrected chi connectivity index (χ3v) is 6.00. The van der Waals surface area contributed by atoms with Crippen LogP contribution >= 0.6 is 0 Å². The van der Waals surface area contributed by atoms with Crippen molar-refractivity contribution >= 4 is 27.3 Å². The van der Waals surface area contributed by atoms with E-state index in [1.165, 1.54) is 43.4 Å². The van der Waals surface area contributed by atoms with Crippen molar-refractivity contribution in [2.75, 3.05) is 16.7 Å². The summed E-state index contributed by atoms with van der Waals surface area (Å²) in [5.74, 6) is -1.08. The normalized spacial score (nSPS) is 11.6. The van der Waals surface area contributed by atoms with E-state index < -0.39 is 28.0 Å². The van der Waals surface area contributed by atoms with Gasteiger partial charge in [-0.1, -0.05) is 24.3 Å². The maximum absolute atomic E-state index is 12.9. The summed E-state index contributed by atoms with van der Waals surface area (Å²) in [7, 11) is -2.46. The number of sulfonamides is 1. The number of nitrogens with zero attached hydrogens (tertiary/aromatic N) is 1. The van der Waals surface area contributed by atoms with Crippen molar-refractivity contribution < 1.29 is 31.1 Å². The van der Waals surface area contributed by atoms with Gasteiger partial charge in [-0.05, 0) is 54.6 Å². The van der Waals surface area contributed by atoms with Crippen molar-refractivity contribution in [1.82, 2.24) is 0 Å². The molecule has 0 atom stereocenters. The Morgan fingerprint density at radius 2 is 1.58 bits per heavy atom. The maximum Gasteiger partial charge on any atom is 0.573 e. The molecule has 0 saturated carbocycles. The zero-order valence-corrected chi connectivity index (χ0v) is 16.9. The average molecular weight is 450 g/mol. The third-order valence-electron chi connectivity index (χ3n) is 4.22. The molecule has 3 aromatic rings. The lowest BCUT2D eigenvalue weighted by molar-refractivity contribution is -0.274. The molecule has 0 radical (unpaired) electrons. The van der Waals surface area contributed by atoms with E-state index in [-0.39, 0.29) is 16.1 Å². The lowest BCUT2D eigenvalue weighted by Gasteiger charge is -2.20. The molecule has 0 bridgehead atoms. The van der Waals surface area contributed by atoms with Crippen molar-refractivity contribution in [3.05, 3.63) is 84.4 Å². The number of amides is 1. The highest BCUT2D eigenvalue weighted by Crippen LogP contribution is 2.25. The molecule has 0 spiro atoms. The van der Waals surface area contributed by atoms with Crippen LogP contribution in [0, 0.1) is 0 Å². The summed E-state index contributed by atoms with van der Waals surface area (Å²) in [5, 5.41) is 2.53. The molecule has 0 fully saturated rings. The Labute approximate surface area is 176 Å². The molecule has 31 heavy (non-hydrogen) atoms. The Morgan fingerprint density at radius 1 is 0.935 bits per heavy atom. The Hall–Kier alpha value is -3.53. The standard InChI is InChI=1S/C21H17F3N2O4S/c1-26(17-7-3-2-4-8-17)31(28,29)19-9-5-6-16(14-19)25-20(27)15-10-12-18(13-11-15)30-21(22,23)24/h2-14H,1H3,(H,25,27). The molecule has 0 heterocycles. The number of nitrogens with one attached hydrogen (secondary N) is 1. The van der Waals surface area contributed by atoms with Crippen LogP contribution in [0.4, 0.5) is 24.5 Å². The summed E-state index contributed by atoms with van der Waals surface area (Å²) in [6.45, 7) is 0. The summed E-state index contributed by atoms with van der Waals surface area (Å²) >= 11 is 0. The molecular weight excluding hydrogens is 433 g/mol. The fraction of sp³-hybridized carbons (Fsp3) is 0.0952. The van der Waals surface area contributed by atoms with Gasteiger partial charge in [0.2, 0.25) is 0 Å². The fourth-order valence-corrected chi connectivity index (χ4v) is 3.92. The van der Waals surface area contributed by atoms with Crippen LogP contribution in [0.3, 0.4) is 0 Å². The summed E-state index contributed by atoms with van der Waals surface area (Å²) in [6, 6.07) is 18.5. The Bertz CT molecular complexity index is 1170. The van der Waals surface area contributed by atoms with Crippen molar-refractivity contribution in [3.63, 3.8) is 0 Å². The van der Waals surface area contributed by atoms with Crippen LogP contribution in [0.1, 0.15) is 10.4 Å². The van der Waals surface area contributed by atoms with Gasteiger partial charge in [-0.15, -0.1) is 13.2 Å². The number of anilines is 2. The molecule has 0 aliphatic carbocycles. The number of alkyl halides is 3. The molecular formula is C21H17F3N2O4S. The first-order valence-electron chi connectivity index (χ1n) is 8.87. The zero-order chi connectivity index (χ0) is 22.6. The highest BCUT2D eigenvalue weighted by atomic mass is 32.2. The summed E-state index contributed by atoms with van der Waals surface area (Å²) in [5.41, 5.74) is 0.755. The number of rotatable bonds is 6.